The summed E-state index contributed by atoms with van der Waals surface area (Å²) in [5, 5.41) is 9.12. The lowest BCUT2D eigenvalue weighted by Gasteiger charge is -2.32. The van der Waals surface area contributed by atoms with Crippen LogP contribution in [0.15, 0.2) is 18.2 Å². The molecule has 1 heterocycles. The van der Waals surface area contributed by atoms with Crippen LogP contribution < -0.4 is 15.2 Å². The lowest BCUT2D eigenvalue weighted by Crippen LogP contribution is -2.45. The zero-order chi connectivity index (χ0) is 15.9. The lowest BCUT2D eigenvalue weighted by atomic mass is 10.1. The third kappa shape index (κ3) is 4.58. The van der Waals surface area contributed by atoms with E-state index in [1.807, 2.05) is 18.2 Å². The summed E-state index contributed by atoms with van der Waals surface area (Å²) in [6.07, 6.45) is 0. The number of aliphatic hydroxyl groups is 1. The van der Waals surface area contributed by atoms with Gasteiger partial charge in [0.2, 0.25) is 0 Å². The summed E-state index contributed by atoms with van der Waals surface area (Å²) in [5.74, 6) is 1.37. The number of piperazine rings is 1. The molecule has 2 rings (SSSR count). The minimum Gasteiger partial charge on any atom is -0.493 e. The standard InChI is InChI=1S/C16H27N3O3/c1-18-5-7-19(8-6-18)9-10-22-15-4-3-13(14(17)12-20)11-16(15)21-2/h3-4,11,14,20H,5-10,12,17H2,1-2H3/t14-/m1/s1. The maximum absolute atomic E-state index is 9.12. The van der Waals surface area contributed by atoms with Crippen molar-refractivity contribution < 1.29 is 14.6 Å². The summed E-state index contributed by atoms with van der Waals surface area (Å²) in [4.78, 5) is 4.74. The molecule has 124 valence electrons. The molecule has 0 bridgehead atoms. The molecule has 1 aliphatic heterocycles. The summed E-state index contributed by atoms with van der Waals surface area (Å²) >= 11 is 0. The van der Waals surface area contributed by atoms with Crippen molar-refractivity contribution in [3.63, 3.8) is 0 Å². The second-order valence-electron chi connectivity index (χ2n) is 5.69. The van der Waals surface area contributed by atoms with Crippen molar-refractivity contribution in [2.75, 3.05) is 60.1 Å². The van der Waals surface area contributed by atoms with Gasteiger partial charge in [0.1, 0.15) is 6.61 Å². The van der Waals surface area contributed by atoms with Gasteiger partial charge in [-0.15, -0.1) is 0 Å². The molecule has 0 aromatic heterocycles. The van der Waals surface area contributed by atoms with E-state index < -0.39 is 6.04 Å². The fraction of sp³-hybridized carbons (Fsp3) is 0.625. The molecular weight excluding hydrogens is 282 g/mol. The Bertz CT molecular complexity index is 462. The number of hydrogen-bond acceptors (Lipinski definition) is 6. The van der Waals surface area contributed by atoms with E-state index in [0.717, 1.165) is 38.3 Å². The van der Waals surface area contributed by atoms with Crippen molar-refractivity contribution in [3.8, 4) is 11.5 Å². The molecule has 1 aliphatic rings. The van der Waals surface area contributed by atoms with Gasteiger partial charge in [-0.3, -0.25) is 4.90 Å². The number of nitrogens with two attached hydrogens (primary N) is 1. The van der Waals surface area contributed by atoms with Gasteiger partial charge >= 0.3 is 0 Å². The summed E-state index contributed by atoms with van der Waals surface area (Å²) in [6.45, 7) is 5.84. The van der Waals surface area contributed by atoms with E-state index in [2.05, 4.69) is 16.8 Å². The molecule has 1 aromatic rings. The number of ether oxygens (including phenoxy) is 2. The number of methoxy groups -OCH3 is 1. The van der Waals surface area contributed by atoms with Crippen LogP contribution in [0.4, 0.5) is 0 Å². The Morgan fingerprint density at radius 3 is 2.59 bits per heavy atom. The molecule has 0 spiro atoms. The predicted molar refractivity (Wildman–Crippen MR) is 86.4 cm³/mol. The van der Waals surface area contributed by atoms with Crippen LogP contribution in [0.5, 0.6) is 11.5 Å². The van der Waals surface area contributed by atoms with Crippen LogP contribution in [0.1, 0.15) is 11.6 Å². The average Bonchev–Trinajstić information content (AvgIpc) is 2.56. The Morgan fingerprint density at radius 2 is 1.95 bits per heavy atom. The van der Waals surface area contributed by atoms with Crippen molar-refractivity contribution >= 4 is 0 Å². The second-order valence-corrected chi connectivity index (χ2v) is 5.69. The van der Waals surface area contributed by atoms with Crippen LogP contribution in [0, 0.1) is 0 Å². The van der Waals surface area contributed by atoms with Crippen LogP contribution in [0.2, 0.25) is 0 Å². The van der Waals surface area contributed by atoms with Gasteiger partial charge in [0.15, 0.2) is 11.5 Å². The van der Waals surface area contributed by atoms with Crippen LogP contribution >= 0.6 is 0 Å². The maximum Gasteiger partial charge on any atom is 0.161 e. The van der Waals surface area contributed by atoms with Crippen molar-refractivity contribution in [1.82, 2.24) is 9.80 Å². The first-order valence-electron chi connectivity index (χ1n) is 7.72. The highest BCUT2D eigenvalue weighted by Crippen LogP contribution is 2.29. The first-order valence-corrected chi connectivity index (χ1v) is 7.72. The Morgan fingerprint density at radius 1 is 1.23 bits per heavy atom. The summed E-state index contributed by atoms with van der Waals surface area (Å²) < 4.78 is 11.2. The van der Waals surface area contributed by atoms with Crippen LogP contribution in [0.3, 0.4) is 0 Å². The van der Waals surface area contributed by atoms with Crippen molar-refractivity contribution in [3.05, 3.63) is 23.8 Å². The third-order valence-electron chi connectivity index (χ3n) is 4.07. The highest BCUT2D eigenvalue weighted by Gasteiger charge is 2.14. The molecule has 1 atom stereocenters. The van der Waals surface area contributed by atoms with Crippen LogP contribution in [-0.4, -0.2) is 75.0 Å². The number of rotatable bonds is 7. The Kier molecular flexibility index (Phi) is 6.45. The Balaban J connectivity index is 1.86. The first kappa shape index (κ1) is 17.0. The SMILES string of the molecule is COc1cc([C@H](N)CO)ccc1OCCN1CCN(C)CC1. The van der Waals surface area contributed by atoms with E-state index >= 15 is 0 Å². The number of hydrogen-bond donors (Lipinski definition) is 2. The molecule has 1 aromatic carbocycles. The number of aliphatic hydroxyl groups excluding tert-OH is 1. The molecule has 1 fully saturated rings. The Hall–Kier alpha value is -1.34. The Labute approximate surface area is 132 Å². The molecule has 6 nitrogen and oxygen atoms in total. The number of nitrogens with zero attached hydrogens (tertiary/aromatic N) is 2. The molecular formula is C16H27N3O3. The molecule has 3 N–H and O–H groups in total. The summed E-state index contributed by atoms with van der Waals surface area (Å²) in [5.41, 5.74) is 6.66. The van der Waals surface area contributed by atoms with Gasteiger partial charge in [-0.2, -0.15) is 0 Å². The van der Waals surface area contributed by atoms with Crippen LogP contribution in [-0.2, 0) is 0 Å². The van der Waals surface area contributed by atoms with Gasteiger partial charge in [-0.25, -0.2) is 0 Å². The smallest absolute Gasteiger partial charge is 0.161 e. The minimum atomic E-state index is -0.395. The van der Waals surface area contributed by atoms with E-state index in [1.54, 1.807) is 7.11 Å². The van der Waals surface area contributed by atoms with Gasteiger partial charge in [0, 0.05) is 32.7 Å². The molecule has 0 radical (unpaired) electrons. The third-order valence-corrected chi connectivity index (χ3v) is 4.07. The molecule has 0 unspecified atom stereocenters. The zero-order valence-corrected chi connectivity index (χ0v) is 13.5. The molecule has 1 saturated heterocycles. The van der Waals surface area contributed by atoms with Crippen LogP contribution in [0.25, 0.3) is 0 Å². The quantitative estimate of drug-likeness (QED) is 0.755. The van der Waals surface area contributed by atoms with Gasteiger partial charge in [-0.1, -0.05) is 6.07 Å². The lowest BCUT2D eigenvalue weighted by molar-refractivity contribution is 0.133. The minimum absolute atomic E-state index is 0.0905. The molecule has 6 heteroatoms. The highest BCUT2D eigenvalue weighted by molar-refractivity contribution is 5.43. The average molecular weight is 309 g/mol. The molecule has 22 heavy (non-hydrogen) atoms. The van der Waals surface area contributed by atoms with Crippen molar-refractivity contribution in [2.24, 2.45) is 5.73 Å². The van der Waals surface area contributed by atoms with E-state index in [-0.39, 0.29) is 6.61 Å². The number of benzene rings is 1. The predicted octanol–water partition coefficient (Wildman–Crippen LogP) is 0.314. The van der Waals surface area contributed by atoms with E-state index in [9.17, 15) is 0 Å². The van der Waals surface area contributed by atoms with Crippen molar-refractivity contribution in [1.29, 1.82) is 0 Å². The monoisotopic (exact) mass is 309 g/mol. The van der Waals surface area contributed by atoms with Crippen molar-refractivity contribution in [2.45, 2.75) is 6.04 Å². The molecule has 0 aliphatic carbocycles. The van der Waals surface area contributed by atoms with Gasteiger partial charge < -0.3 is 25.2 Å². The van der Waals surface area contributed by atoms with Gasteiger partial charge in [0.25, 0.3) is 0 Å². The maximum atomic E-state index is 9.12. The summed E-state index contributed by atoms with van der Waals surface area (Å²) in [6, 6.07) is 5.15. The topological polar surface area (TPSA) is 71.2 Å². The second kappa shape index (κ2) is 8.33. The highest BCUT2D eigenvalue weighted by atomic mass is 16.5. The number of likely N-dealkylation sites (N-methyl/N-ethyl adjacent to an activating group) is 1. The molecule has 0 saturated carbocycles. The van der Waals surface area contributed by atoms with Gasteiger partial charge in [-0.05, 0) is 24.7 Å². The first-order chi connectivity index (χ1) is 10.6. The zero-order valence-electron chi connectivity index (χ0n) is 13.5. The largest absolute Gasteiger partial charge is 0.493 e. The fourth-order valence-electron chi connectivity index (χ4n) is 2.50. The molecule has 0 amide bonds. The van der Waals surface area contributed by atoms with E-state index in [4.69, 9.17) is 20.3 Å². The fourth-order valence-corrected chi connectivity index (χ4v) is 2.50. The van der Waals surface area contributed by atoms with E-state index in [1.165, 1.54) is 0 Å². The van der Waals surface area contributed by atoms with E-state index in [0.29, 0.717) is 18.1 Å². The van der Waals surface area contributed by atoms with Gasteiger partial charge in [0.05, 0.1) is 19.8 Å². The normalized spacial score (nSPS) is 18.2. The summed E-state index contributed by atoms with van der Waals surface area (Å²) in [7, 11) is 3.76.